The van der Waals surface area contributed by atoms with Gasteiger partial charge in [0.2, 0.25) is 0 Å². The highest BCUT2D eigenvalue weighted by atomic mass is 79.9. The molecule has 0 aliphatic carbocycles. The fourth-order valence-corrected chi connectivity index (χ4v) is 3.75. The van der Waals surface area contributed by atoms with Crippen LogP contribution in [0.2, 0.25) is 0 Å². The zero-order chi connectivity index (χ0) is 24.0. The van der Waals surface area contributed by atoms with E-state index in [4.69, 9.17) is 4.74 Å². The lowest BCUT2D eigenvalue weighted by molar-refractivity contribution is -0.136. The Labute approximate surface area is 207 Å². The van der Waals surface area contributed by atoms with Gasteiger partial charge < -0.3 is 10.1 Å². The number of benzene rings is 3. The van der Waals surface area contributed by atoms with Gasteiger partial charge in [0.05, 0.1) is 11.3 Å². The van der Waals surface area contributed by atoms with E-state index in [1.807, 2.05) is 13.0 Å². The molecule has 33 heavy (non-hydrogen) atoms. The summed E-state index contributed by atoms with van der Waals surface area (Å²) in [5.41, 5.74) is 4.76. The number of aryl methyl sites for hydroxylation is 1. The number of nitrogens with zero attached hydrogens (tertiary/aromatic N) is 1. The second-order valence-corrected chi connectivity index (χ2v) is 8.69. The third-order valence-corrected chi connectivity index (χ3v) is 5.73. The highest BCUT2D eigenvalue weighted by Crippen LogP contribution is 2.23. The average Bonchev–Trinajstić information content (AvgIpc) is 2.79. The predicted molar refractivity (Wildman–Crippen MR) is 133 cm³/mol. The molecule has 3 aromatic carbocycles. The lowest BCUT2D eigenvalue weighted by Gasteiger charge is -2.11. The molecule has 0 aliphatic rings. The van der Waals surface area contributed by atoms with E-state index in [-0.39, 0.29) is 5.75 Å². The molecule has 168 valence electrons. The summed E-state index contributed by atoms with van der Waals surface area (Å²) in [4.78, 5) is 37.0. The van der Waals surface area contributed by atoms with Crippen LogP contribution < -0.4 is 15.5 Å². The monoisotopic (exact) mass is 571 g/mol. The van der Waals surface area contributed by atoms with Crippen molar-refractivity contribution in [3.05, 3.63) is 92.4 Å². The van der Waals surface area contributed by atoms with E-state index in [1.165, 1.54) is 0 Å². The number of hydrazone groups is 1. The summed E-state index contributed by atoms with van der Waals surface area (Å²) in [6, 6.07) is 19.0. The fourth-order valence-electron chi connectivity index (χ4n) is 2.83. The highest BCUT2D eigenvalue weighted by Gasteiger charge is 2.17. The van der Waals surface area contributed by atoms with Gasteiger partial charge in [-0.3, -0.25) is 9.59 Å². The van der Waals surface area contributed by atoms with Gasteiger partial charge >= 0.3 is 17.8 Å². The van der Waals surface area contributed by atoms with Crippen LogP contribution >= 0.6 is 31.9 Å². The lowest BCUT2D eigenvalue weighted by Crippen LogP contribution is -2.33. The number of rotatable bonds is 5. The number of anilines is 1. The Kier molecular flexibility index (Phi) is 8.13. The van der Waals surface area contributed by atoms with E-state index in [9.17, 15) is 14.4 Å². The lowest BCUT2D eigenvalue weighted by atomic mass is 10.1. The molecule has 0 spiro atoms. The van der Waals surface area contributed by atoms with Crippen LogP contribution in [0.5, 0.6) is 5.75 Å². The Bertz CT molecular complexity index is 1260. The van der Waals surface area contributed by atoms with Crippen molar-refractivity contribution >= 4 is 61.0 Å². The molecule has 0 fully saturated rings. The number of ether oxygens (including phenoxy) is 1. The first kappa shape index (κ1) is 24.3. The number of esters is 1. The van der Waals surface area contributed by atoms with Crippen molar-refractivity contribution < 1.29 is 19.1 Å². The van der Waals surface area contributed by atoms with Crippen LogP contribution in [0, 0.1) is 6.92 Å². The van der Waals surface area contributed by atoms with Crippen LogP contribution in [0.15, 0.2) is 80.8 Å². The van der Waals surface area contributed by atoms with E-state index in [1.54, 1.807) is 67.6 Å². The van der Waals surface area contributed by atoms with Gasteiger partial charge in [-0.25, -0.2) is 10.2 Å². The van der Waals surface area contributed by atoms with Gasteiger partial charge in [-0.05, 0) is 77.8 Å². The zero-order valence-corrected chi connectivity index (χ0v) is 20.9. The topological polar surface area (TPSA) is 96.9 Å². The number of hydrogen-bond acceptors (Lipinski definition) is 5. The summed E-state index contributed by atoms with van der Waals surface area (Å²) in [7, 11) is 0. The normalized spacial score (nSPS) is 11.0. The SMILES string of the molecule is C/C(=N\NC(=O)C(=O)Nc1ccc(Br)cc1C)c1ccccc1OC(=O)c1ccccc1Br. The summed E-state index contributed by atoms with van der Waals surface area (Å²) in [5.74, 6) is -2.07. The second kappa shape index (κ2) is 11.0. The van der Waals surface area contributed by atoms with Crippen LogP contribution in [-0.4, -0.2) is 23.5 Å². The van der Waals surface area contributed by atoms with Gasteiger partial charge in [-0.1, -0.05) is 40.2 Å². The molecule has 0 bridgehead atoms. The van der Waals surface area contributed by atoms with E-state index in [2.05, 4.69) is 47.7 Å². The molecule has 2 N–H and O–H groups in total. The van der Waals surface area contributed by atoms with Crippen molar-refractivity contribution in [3.63, 3.8) is 0 Å². The number of halogens is 2. The Hall–Kier alpha value is -3.30. The molecule has 3 rings (SSSR count). The fraction of sp³-hybridized carbons (Fsp3) is 0.0833. The summed E-state index contributed by atoms with van der Waals surface area (Å²) in [6.45, 7) is 3.44. The van der Waals surface area contributed by atoms with Crippen LogP contribution in [0.25, 0.3) is 0 Å². The van der Waals surface area contributed by atoms with E-state index < -0.39 is 17.8 Å². The standard InChI is InChI=1S/C24H19Br2N3O4/c1-14-13-16(25)11-12-20(14)27-22(30)23(31)29-28-15(2)17-7-4-6-10-21(17)33-24(32)18-8-3-5-9-19(18)26/h3-13H,1-2H3,(H,27,30)(H,29,31)/b28-15+. The second-order valence-electron chi connectivity index (χ2n) is 6.92. The maximum atomic E-state index is 12.6. The minimum Gasteiger partial charge on any atom is -0.422 e. The molecule has 9 heteroatoms. The third kappa shape index (κ3) is 6.36. The Morgan fingerprint density at radius 2 is 1.55 bits per heavy atom. The van der Waals surface area contributed by atoms with Gasteiger partial charge in [0.25, 0.3) is 0 Å². The molecule has 0 heterocycles. The van der Waals surface area contributed by atoms with Crippen molar-refractivity contribution in [2.24, 2.45) is 5.10 Å². The number of amides is 2. The van der Waals surface area contributed by atoms with Crippen LogP contribution in [0.4, 0.5) is 5.69 Å². The number of para-hydroxylation sites is 1. The summed E-state index contributed by atoms with van der Waals surface area (Å²) < 4.78 is 7.02. The number of hydrogen-bond donors (Lipinski definition) is 2. The van der Waals surface area contributed by atoms with Gasteiger partial charge in [0.1, 0.15) is 5.75 Å². The molecule has 2 amide bonds. The summed E-state index contributed by atoms with van der Waals surface area (Å²) in [5, 5.41) is 6.55. The quantitative estimate of drug-likeness (QED) is 0.144. The van der Waals surface area contributed by atoms with Crippen molar-refractivity contribution in [2.75, 3.05) is 5.32 Å². The number of nitrogens with one attached hydrogen (secondary N) is 2. The van der Waals surface area contributed by atoms with Crippen LogP contribution in [0.3, 0.4) is 0 Å². The average molecular weight is 573 g/mol. The molecule has 0 unspecified atom stereocenters. The molecule has 0 atom stereocenters. The van der Waals surface area contributed by atoms with E-state index >= 15 is 0 Å². The maximum absolute atomic E-state index is 12.6. The molecule has 0 saturated heterocycles. The largest absolute Gasteiger partial charge is 0.422 e. The molecule has 3 aromatic rings. The van der Waals surface area contributed by atoms with Gasteiger partial charge in [0.15, 0.2) is 0 Å². The molecule has 0 aromatic heterocycles. The van der Waals surface area contributed by atoms with Crippen molar-refractivity contribution in [1.82, 2.24) is 5.43 Å². The Balaban J connectivity index is 1.70. The van der Waals surface area contributed by atoms with E-state index in [0.29, 0.717) is 27.0 Å². The minimum atomic E-state index is -0.931. The molecular weight excluding hydrogens is 554 g/mol. The highest BCUT2D eigenvalue weighted by molar-refractivity contribution is 9.10. The predicted octanol–water partition coefficient (Wildman–Crippen LogP) is 5.22. The van der Waals surface area contributed by atoms with Crippen LogP contribution in [-0.2, 0) is 9.59 Å². The number of carbonyl (C=O) groups excluding carboxylic acids is 3. The smallest absolute Gasteiger partial charge is 0.344 e. The van der Waals surface area contributed by atoms with Gasteiger partial charge in [0, 0.05) is 20.2 Å². The molecule has 7 nitrogen and oxygen atoms in total. The molecule has 0 radical (unpaired) electrons. The zero-order valence-electron chi connectivity index (χ0n) is 17.7. The van der Waals surface area contributed by atoms with Crippen molar-refractivity contribution in [2.45, 2.75) is 13.8 Å². The number of carbonyl (C=O) groups is 3. The van der Waals surface area contributed by atoms with E-state index in [0.717, 1.165) is 10.0 Å². The van der Waals surface area contributed by atoms with Crippen molar-refractivity contribution in [1.29, 1.82) is 0 Å². The maximum Gasteiger partial charge on any atom is 0.344 e. The molecule has 0 aliphatic heterocycles. The van der Waals surface area contributed by atoms with Gasteiger partial charge in [-0.15, -0.1) is 0 Å². The Morgan fingerprint density at radius 3 is 2.24 bits per heavy atom. The summed E-state index contributed by atoms with van der Waals surface area (Å²) in [6.07, 6.45) is 0. The summed E-state index contributed by atoms with van der Waals surface area (Å²) >= 11 is 6.68. The van der Waals surface area contributed by atoms with Gasteiger partial charge in [-0.2, -0.15) is 5.10 Å². The van der Waals surface area contributed by atoms with Crippen LogP contribution in [0.1, 0.15) is 28.4 Å². The first-order valence-corrected chi connectivity index (χ1v) is 11.3. The first-order valence-electron chi connectivity index (χ1n) is 9.74. The van der Waals surface area contributed by atoms with Crippen molar-refractivity contribution in [3.8, 4) is 5.75 Å². The Morgan fingerprint density at radius 1 is 0.879 bits per heavy atom. The molecular formula is C24H19Br2N3O4. The first-order chi connectivity index (χ1) is 15.8. The third-order valence-electron chi connectivity index (χ3n) is 4.54. The molecule has 0 saturated carbocycles. The minimum absolute atomic E-state index is 0.267.